The van der Waals surface area contributed by atoms with Crippen molar-refractivity contribution >= 4 is 21.7 Å². The average molecular weight is 404 g/mol. The summed E-state index contributed by atoms with van der Waals surface area (Å²) in [5.41, 5.74) is 5.89. The van der Waals surface area contributed by atoms with Gasteiger partial charge in [0.25, 0.3) is 11.8 Å². The van der Waals surface area contributed by atoms with Gasteiger partial charge in [0.1, 0.15) is 5.69 Å². The number of carbonyl (C=O) groups excluding carboxylic acids is 2. The van der Waals surface area contributed by atoms with Crippen LogP contribution < -0.4 is 10.9 Å². The van der Waals surface area contributed by atoms with E-state index in [0.29, 0.717) is 11.6 Å². The first-order valence-electron chi connectivity index (χ1n) is 8.98. The fourth-order valence-corrected chi connectivity index (χ4v) is 3.38. The van der Waals surface area contributed by atoms with Crippen LogP contribution in [0.15, 0.2) is 35.2 Å². The molecule has 1 aliphatic carbocycles. The summed E-state index contributed by atoms with van der Waals surface area (Å²) in [5.74, 6) is -0.605. The maximum Gasteiger partial charge on any atom is 0.287 e. The van der Waals surface area contributed by atoms with Crippen molar-refractivity contribution in [2.75, 3.05) is 6.26 Å². The molecule has 28 heavy (non-hydrogen) atoms. The molecule has 2 aromatic rings. The van der Waals surface area contributed by atoms with E-state index in [2.05, 4.69) is 16.0 Å². The highest BCUT2D eigenvalue weighted by atomic mass is 32.2. The van der Waals surface area contributed by atoms with Crippen molar-refractivity contribution in [3.63, 3.8) is 0 Å². The Bertz CT molecular complexity index is 1010. The Balaban J connectivity index is 1.71. The van der Waals surface area contributed by atoms with Gasteiger partial charge in [-0.1, -0.05) is 0 Å². The molecular formula is C19H24N4O4S. The maximum absolute atomic E-state index is 12.6. The molecule has 2 N–H and O–H groups in total. The van der Waals surface area contributed by atoms with Crippen molar-refractivity contribution in [1.82, 2.24) is 20.6 Å². The number of amides is 2. The van der Waals surface area contributed by atoms with Gasteiger partial charge >= 0.3 is 0 Å². The number of sulfone groups is 1. The minimum absolute atomic E-state index is 0.120. The first-order valence-corrected chi connectivity index (χ1v) is 10.9. The number of rotatable bonds is 4. The van der Waals surface area contributed by atoms with Crippen LogP contribution in [-0.4, -0.2) is 36.3 Å². The second-order valence-electron chi connectivity index (χ2n) is 8.02. The van der Waals surface area contributed by atoms with Crippen LogP contribution in [0.25, 0.3) is 0 Å². The lowest BCUT2D eigenvalue weighted by Crippen LogP contribution is -2.43. The van der Waals surface area contributed by atoms with Gasteiger partial charge < -0.3 is 0 Å². The predicted octanol–water partition coefficient (Wildman–Crippen LogP) is 1.99. The molecule has 1 saturated carbocycles. The van der Waals surface area contributed by atoms with Crippen LogP contribution in [-0.2, 0) is 15.4 Å². The minimum Gasteiger partial charge on any atom is -0.267 e. The molecule has 0 radical (unpaired) electrons. The van der Waals surface area contributed by atoms with Gasteiger partial charge in [0, 0.05) is 17.7 Å². The zero-order chi connectivity index (χ0) is 20.7. The molecule has 1 aromatic heterocycles. The van der Waals surface area contributed by atoms with Crippen LogP contribution >= 0.6 is 0 Å². The summed E-state index contributed by atoms with van der Waals surface area (Å²) >= 11 is 0. The van der Waals surface area contributed by atoms with Crippen molar-refractivity contribution in [2.45, 2.75) is 50.0 Å². The van der Waals surface area contributed by atoms with E-state index in [-0.39, 0.29) is 16.0 Å². The van der Waals surface area contributed by atoms with E-state index in [9.17, 15) is 18.0 Å². The van der Waals surface area contributed by atoms with Crippen LogP contribution in [0.5, 0.6) is 0 Å². The molecule has 1 aliphatic rings. The van der Waals surface area contributed by atoms with Crippen LogP contribution in [0.2, 0.25) is 0 Å². The molecule has 0 atom stereocenters. The predicted molar refractivity (Wildman–Crippen MR) is 104 cm³/mol. The third-order valence-corrected chi connectivity index (χ3v) is 5.55. The first kappa shape index (κ1) is 20.1. The number of hydrazine groups is 1. The van der Waals surface area contributed by atoms with Gasteiger partial charge in [-0.05, 0) is 63.9 Å². The molecule has 8 nitrogen and oxygen atoms in total. The fourth-order valence-electron chi connectivity index (χ4n) is 2.75. The van der Waals surface area contributed by atoms with Crippen molar-refractivity contribution < 1.29 is 18.0 Å². The van der Waals surface area contributed by atoms with Crippen LogP contribution in [0.3, 0.4) is 0 Å². The van der Waals surface area contributed by atoms with E-state index in [1.54, 1.807) is 10.7 Å². The van der Waals surface area contributed by atoms with Gasteiger partial charge in [-0.25, -0.2) is 8.42 Å². The Kier molecular flexibility index (Phi) is 5.05. The normalized spacial score (nSPS) is 14.6. The second-order valence-corrected chi connectivity index (χ2v) is 10.0. The molecular weight excluding hydrogens is 380 g/mol. The fraction of sp³-hybridized carbons (Fsp3) is 0.421. The minimum atomic E-state index is -3.34. The van der Waals surface area contributed by atoms with Crippen LogP contribution in [0.1, 0.15) is 66.1 Å². The van der Waals surface area contributed by atoms with Crippen molar-refractivity contribution in [3.8, 4) is 0 Å². The number of nitrogens with one attached hydrogen (secondary N) is 2. The summed E-state index contributed by atoms with van der Waals surface area (Å²) in [7, 11) is -3.34. The van der Waals surface area contributed by atoms with Gasteiger partial charge in [0.15, 0.2) is 9.84 Å². The lowest BCUT2D eigenvalue weighted by molar-refractivity contribution is 0.0836. The average Bonchev–Trinajstić information content (AvgIpc) is 3.35. The molecule has 0 spiro atoms. The molecule has 1 aromatic carbocycles. The standard InChI is InChI=1S/C19H24N4O4S/c1-19(2,3)23-16(11-15(22-23)12-5-6-12)18(25)21-20-17(24)13-7-9-14(10-8-13)28(4,26)27/h7-12H,5-6H2,1-4H3,(H,20,24)(H,21,25). The van der Waals surface area contributed by atoms with Gasteiger partial charge in [-0.3, -0.25) is 25.1 Å². The monoisotopic (exact) mass is 404 g/mol. The Morgan fingerprint density at radius 3 is 2.14 bits per heavy atom. The van der Waals surface area contributed by atoms with E-state index >= 15 is 0 Å². The molecule has 9 heteroatoms. The van der Waals surface area contributed by atoms with E-state index in [1.165, 1.54) is 24.3 Å². The third kappa shape index (κ3) is 4.41. The number of aromatic nitrogens is 2. The number of carbonyl (C=O) groups is 2. The van der Waals surface area contributed by atoms with E-state index in [1.807, 2.05) is 20.8 Å². The van der Waals surface area contributed by atoms with Crippen molar-refractivity contribution in [2.24, 2.45) is 0 Å². The SMILES string of the molecule is CC(C)(C)n1nc(C2CC2)cc1C(=O)NNC(=O)c1ccc(S(C)(=O)=O)cc1. The summed E-state index contributed by atoms with van der Waals surface area (Å²) in [6.07, 6.45) is 3.24. The summed E-state index contributed by atoms with van der Waals surface area (Å²) in [6.45, 7) is 5.86. The highest BCUT2D eigenvalue weighted by Gasteiger charge is 2.31. The molecule has 2 amide bonds. The van der Waals surface area contributed by atoms with Gasteiger partial charge in [0.05, 0.1) is 16.1 Å². The maximum atomic E-state index is 12.6. The molecule has 0 bridgehead atoms. The van der Waals surface area contributed by atoms with Gasteiger partial charge in [0.2, 0.25) is 0 Å². The largest absolute Gasteiger partial charge is 0.287 e. The summed E-state index contributed by atoms with van der Waals surface area (Å²) in [5, 5.41) is 4.57. The Labute approximate surface area is 164 Å². The van der Waals surface area contributed by atoms with E-state index in [4.69, 9.17) is 0 Å². The first-order chi connectivity index (χ1) is 13.0. The summed E-state index contributed by atoms with van der Waals surface area (Å²) < 4.78 is 24.6. The molecule has 0 aliphatic heterocycles. The van der Waals surface area contributed by atoms with Crippen molar-refractivity contribution in [3.05, 3.63) is 47.3 Å². The van der Waals surface area contributed by atoms with E-state index < -0.39 is 21.7 Å². The number of nitrogens with zero attached hydrogens (tertiary/aromatic N) is 2. The zero-order valence-corrected chi connectivity index (χ0v) is 17.1. The number of hydrogen-bond donors (Lipinski definition) is 2. The quantitative estimate of drug-likeness (QED) is 0.758. The molecule has 1 fully saturated rings. The molecule has 150 valence electrons. The Morgan fingerprint density at radius 1 is 1.07 bits per heavy atom. The summed E-state index contributed by atoms with van der Waals surface area (Å²) in [6, 6.07) is 7.25. The molecule has 0 saturated heterocycles. The lowest BCUT2D eigenvalue weighted by atomic mass is 10.1. The van der Waals surface area contributed by atoms with Crippen LogP contribution in [0.4, 0.5) is 0 Å². The summed E-state index contributed by atoms with van der Waals surface area (Å²) in [4.78, 5) is 25.0. The van der Waals surface area contributed by atoms with E-state index in [0.717, 1.165) is 24.8 Å². The van der Waals surface area contributed by atoms with Gasteiger partial charge in [-0.15, -0.1) is 0 Å². The van der Waals surface area contributed by atoms with Gasteiger partial charge in [-0.2, -0.15) is 5.10 Å². The van der Waals surface area contributed by atoms with Crippen LogP contribution in [0, 0.1) is 0 Å². The third-order valence-electron chi connectivity index (χ3n) is 4.43. The number of benzene rings is 1. The Morgan fingerprint density at radius 2 is 1.64 bits per heavy atom. The second kappa shape index (κ2) is 7.05. The molecule has 1 heterocycles. The number of hydrogen-bond acceptors (Lipinski definition) is 5. The molecule has 3 rings (SSSR count). The highest BCUT2D eigenvalue weighted by Crippen LogP contribution is 2.40. The topological polar surface area (TPSA) is 110 Å². The van der Waals surface area contributed by atoms with Crippen molar-refractivity contribution in [1.29, 1.82) is 0 Å². The highest BCUT2D eigenvalue weighted by molar-refractivity contribution is 7.90. The smallest absolute Gasteiger partial charge is 0.267 e. The molecule has 0 unspecified atom stereocenters. The zero-order valence-electron chi connectivity index (χ0n) is 16.3. The Hall–Kier alpha value is -2.68. The lowest BCUT2D eigenvalue weighted by Gasteiger charge is -2.22.